The third kappa shape index (κ3) is 5.07. The number of rotatable bonds is 7. The van der Waals surface area contributed by atoms with Crippen molar-refractivity contribution in [2.45, 2.75) is 58.6 Å². The number of ketones is 1. The summed E-state index contributed by atoms with van der Waals surface area (Å²) in [6.45, 7) is 12.1. The van der Waals surface area contributed by atoms with Gasteiger partial charge in [-0.1, -0.05) is 30.0 Å². The van der Waals surface area contributed by atoms with Gasteiger partial charge >= 0.3 is 0 Å². The molecule has 2 aromatic carbocycles. The Hall–Kier alpha value is -2.60. The molecule has 1 aromatic heterocycles. The van der Waals surface area contributed by atoms with Crippen molar-refractivity contribution in [3.63, 3.8) is 0 Å². The fourth-order valence-corrected chi connectivity index (χ4v) is 3.76. The fourth-order valence-electron chi connectivity index (χ4n) is 3.00. The molecule has 1 unspecified atom stereocenters. The number of benzene rings is 2. The number of hydrogen-bond acceptors (Lipinski definition) is 6. The first kappa shape index (κ1) is 21.1. The molecule has 0 amide bonds. The Morgan fingerprint density at radius 1 is 1.00 bits per heavy atom. The fraction of sp³-hybridized carbons (Fsp3) is 0.348. The van der Waals surface area contributed by atoms with Crippen molar-refractivity contribution >= 4 is 17.5 Å². The van der Waals surface area contributed by atoms with Gasteiger partial charge in [0.25, 0.3) is 11.1 Å². The summed E-state index contributed by atoms with van der Waals surface area (Å²) in [7, 11) is 0. The van der Waals surface area contributed by atoms with E-state index < -0.39 is 0 Å². The number of Topliss-reactive ketones (excluding diaryl/α,β-unsaturated/α-hetero) is 1. The normalized spacial score (nSPS) is 12.1. The number of hydrogen-bond donors (Lipinski definition) is 0. The highest BCUT2D eigenvalue weighted by Crippen LogP contribution is 2.27. The SMILES string of the molecule is Cc1ccc(C)c(OCc2nnc(SC(C)C(=O)c3cc(C)c(C)cc3C)o2)c1. The number of ether oxygens (including phenoxy) is 1. The summed E-state index contributed by atoms with van der Waals surface area (Å²) in [5.74, 6) is 1.24. The van der Waals surface area contributed by atoms with Crippen LogP contribution < -0.4 is 4.74 Å². The highest BCUT2D eigenvalue weighted by Gasteiger charge is 2.22. The summed E-state index contributed by atoms with van der Waals surface area (Å²) in [5.41, 5.74) is 6.20. The molecule has 0 bridgehead atoms. The molecule has 0 spiro atoms. The Labute approximate surface area is 175 Å². The molecule has 0 radical (unpaired) electrons. The Balaban J connectivity index is 1.64. The van der Waals surface area contributed by atoms with Gasteiger partial charge < -0.3 is 9.15 Å². The van der Waals surface area contributed by atoms with Gasteiger partial charge in [-0.15, -0.1) is 10.2 Å². The lowest BCUT2D eigenvalue weighted by molar-refractivity contribution is 0.0993. The van der Waals surface area contributed by atoms with Crippen molar-refractivity contribution in [1.82, 2.24) is 10.2 Å². The average molecular weight is 411 g/mol. The van der Waals surface area contributed by atoms with Crippen LogP contribution in [0.3, 0.4) is 0 Å². The third-order valence-electron chi connectivity index (χ3n) is 4.90. The van der Waals surface area contributed by atoms with Gasteiger partial charge in [0.1, 0.15) is 5.75 Å². The average Bonchev–Trinajstić information content (AvgIpc) is 3.12. The standard InChI is InChI=1S/C23H26N2O3S/c1-13-7-8-14(2)20(9-13)27-12-21-24-25-23(28-21)29-18(6)22(26)19-11-16(4)15(3)10-17(19)5/h7-11,18H,12H2,1-6H3. The zero-order valence-electron chi connectivity index (χ0n) is 17.7. The van der Waals surface area contributed by atoms with E-state index in [0.717, 1.165) is 33.6 Å². The van der Waals surface area contributed by atoms with E-state index in [2.05, 4.69) is 23.2 Å². The van der Waals surface area contributed by atoms with Crippen LogP contribution in [0.2, 0.25) is 0 Å². The summed E-state index contributed by atoms with van der Waals surface area (Å²) in [5, 5.41) is 8.13. The quantitative estimate of drug-likeness (QED) is 0.376. The Bertz CT molecular complexity index is 1040. The molecule has 29 heavy (non-hydrogen) atoms. The molecular weight excluding hydrogens is 384 g/mol. The van der Waals surface area contributed by atoms with Gasteiger partial charge in [-0.25, -0.2) is 0 Å². The first-order valence-electron chi connectivity index (χ1n) is 9.55. The van der Waals surface area contributed by atoms with Crippen molar-refractivity contribution in [2.24, 2.45) is 0 Å². The van der Waals surface area contributed by atoms with E-state index in [0.29, 0.717) is 11.1 Å². The van der Waals surface area contributed by atoms with Gasteiger partial charge in [0, 0.05) is 5.56 Å². The summed E-state index contributed by atoms with van der Waals surface area (Å²) >= 11 is 1.27. The lowest BCUT2D eigenvalue weighted by atomic mass is 9.97. The van der Waals surface area contributed by atoms with E-state index >= 15 is 0 Å². The Morgan fingerprint density at radius 3 is 2.48 bits per heavy atom. The highest BCUT2D eigenvalue weighted by molar-refractivity contribution is 8.00. The van der Waals surface area contributed by atoms with Gasteiger partial charge in [0.2, 0.25) is 0 Å². The minimum Gasteiger partial charge on any atom is -0.484 e. The molecule has 0 saturated carbocycles. The zero-order valence-corrected chi connectivity index (χ0v) is 18.5. The largest absolute Gasteiger partial charge is 0.484 e. The third-order valence-corrected chi connectivity index (χ3v) is 5.83. The molecule has 6 heteroatoms. The predicted molar refractivity (Wildman–Crippen MR) is 115 cm³/mol. The van der Waals surface area contributed by atoms with Gasteiger partial charge in [-0.2, -0.15) is 0 Å². The van der Waals surface area contributed by atoms with Crippen molar-refractivity contribution in [3.8, 4) is 5.75 Å². The maximum atomic E-state index is 12.9. The van der Waals surface area contributed by atoms with Crippen molar-refractivity contribution in [1.29, 1.82) is 0 Å². The van der Waals surface area contributed by atoms with E-state index in [-0.39, 0.29) is 17.6 Å². The molecule has 152 valence electrons. The topological polar surface area (TPSA) is 65.2 Å². The van der Waals surface area contributed by atoms with E-state index in [9.17, 15) is 4.79 Å². The van der Waals surface area contributed by atoms with Gasteiger partial charge in [-0.05, 0) is 81.5 Å². The molecule has 0 aliphatic carbocycles. The first-order chi connectivity index (χ1) is 13.7. The summed E-state index contributed by atoms with van der Waals surface area (Å²) in [4.78, 5) is 12.9. The minimum absolute atomic E-state index is 0.0574. The second-order valence-electron chi connectivity index (χ2n) is 7.40. The van der Waals surface area contributed by atoms with Gasteiger partial charge in [0.05, 0.1) is 5.25 Å². The molecule has 3 rings (SSSR count). The number of aryl methyl sites for hydroxylation is 5. The van der Waals surface area contributed by atoms with Gasteiger partial charge in [0.15, 0.2) is 12.4 Å². The van der Waals surface area contributed by atoms with Crippen LogP contribution in [0.25, 0.3) is 0 Å². The number of carbonyl (C=O) groups is 1. The minimum atomic E-state index is -0.330. The molecule has 0 saturated heterocycles. The van der Waals surface area contributed by atoms with Crippen LogP contribution in [0.4, 0.5) is 0 Å². The molecule has 0 N–H and O–H groups in total. The van der Waals surface area contributed by atoms with Crippen LogP contribution >= 0.6 is 11.8 Å². The van der Waals surface area contributed by atoms with Gasteiger partial charge in [-0.3, -0.25) is 4.79 Å². The monoisotopic (exact) mass is 410 g/mol. The summed E-state index contributed by atoms with van der Waals surface area (Å²) in [6, 6.07) is 10.0. The molecule has 1 atom stereocenters. The number of carbonyl (C=O) groups excluding carboxylic acids is 1. The zero-order chi connectivity index (χ0) is 21.1. The lowest BCUT2D eigenvalue weighted by Gasteiger charge is -2.12. The van der Waals surface area contributed by atoms with Crippen LogP contribution in [0, 0.1) is 34.6 Å². The molecule has 3 aromatic rings. The summed E-state index contributed by atoms with van der Waals surface area (Å²) in [6.07, 6.45) is 0. The second kappa shape index (κ2) is 8.82. The highest BCUT2D eigenvalue weighted by atomic mass is 32.2. The summed E-state index contributed by atoms with van der Waals surface area (Å²) < 4.78 is 11.5. The molecule has 0 fully saturated rings. The maximum absolute atomic E-state index is 12.9. The van der Waals surface area contributed by atoms with Crippen LogP contribution in [-0.4, -0.2) is 21.2 Å². The van der Waals surface area contributed by atoms with Crippen molar-refractivity contribution in [2.75, 3.05) is 0 Å². The molecular formula is C23H26N2O3S. The van der Waals surface area contributed by atoms with Crippen LogP contribution in [0.1, 0.15) is 51.0 Å². The molecule has 0 aliphatic rings. The number of aromatic nitrogens is 2. The van der Waals surface area contributed by atoms with E-state index in [1.54, 1.807) is 0 Å². The second-order valence-corrected chi connectivity index (χ2v) is 8.69. The number of thioether (sulfide) groups is 1. The maximum Gasteiger partial charge on any atom is 0.277 e. The van der Waals surface area contributed by atoms with Crippen LogP contribution in [0.15, 0.2) is 40.0 Å². The van der Waals surface area contributed by atoms with E-state index in [1.807, 2.05) is 58.9 Å². The number of nitrogens with zero attached hydrogens (tertiary/aromatic N) is 2. The Morgan fingerprint density at radius 2 is 1.72 bits per heavy atom. The molecule has 0 aliphatic heterocycles. The smallest absolute Gasteiger partial charge is 0.277 e. The van der Waals surface area contributed by atoms with Crippen LogP contribution in [0.5, 0.6) is 5.75 Å². The Kier molecular flexibility index (Phi) is 6.42. The van der Waals surface area contributed by atoms with E-state index in [1.165, 1.54) is 17.3 Å². The molecule has 1 heterocycles. The van der Waals surface area contributed by atoms with E-state index in [4.69, 9.17) is 9.15 Å². The predicted octanol–water partition coefficient (Wildman–Crippen LogP) is 5.55. The van der Waals surface area contributed by atoms with Crippen molar-refractivity contribution < 1.29 is 13.9 Å². The lowest BCUT2D eigenvalue weighted by Crippen LogP contribution is -2.15. The molecule has 5 nitrogen and oxygen atoms in total. The first-order valence-corrected chi connectivity index (χ1v) is 10.4. The van der Waals surface area contributed by atoms with Crippen LogP contribution in [-0.2, 0) is 6.61 Å². The van der Waals surface area contributed by atoms with Crippen molar-refractivity contribution in [3.05, 3.63) is 69.6 Å².